The molecule has 4 fully saturated rings. The van der Waals surface area contributed by atoms with Crippen LogP contribution in [0, 0.1) is 23.7 Å². The maximum atomic E-state index is 5.66. The van der Waals surface area contributed by atoms with Gasteiger partial charge in [0, 0.05) is 27.3 Å². The summed E-state index contributed by atoms with van der Waals surface area (Å²) in [6.45, 7) is 0. The number of hydrogen-bond acceptors (Lipinski definition) is 2. The van der Waals surface area contributed by atoms with E-state index >= 15 is 0 Å². The van der Waals surface area contributed by atoms with Crippen molar-refractivity contribution < 1.29 is 0 Å². The lowest BCUT2D eigenvalue weighted by Crippen LogP contribution is -2.55. The zero-order chi connectivity index (χ0) is 37.0. The maximum absolute atomic E-state index is 5.66. The lowest BCUT2D eigenvalue weighted by atomic mass is 9.43. The van der Waals surface area contributed by atoms with Gasteiger partial charge in [-0.25, -0.2) is 9.97 Å². The summed E-state index contributed by atoms with van der Waals surface area (Å²) in [4.78, 5) is 11.2. The van der Waals surface area contributed by atoms with Gasteiger partial charge >= 0.3 is 0 Å². The van der Waals surface area contributed by atoms with Crippen LogP contribution in [0.2, 0.25) is 0 Å². The van der Waals surface area contributed by atoms with Gasteiger partial charge in [-0.15, -0.1) is 0 Å². The summed E-state index contributed by atoms with van der Waals surface area (Å²) in [6, 6.07) is 56.6. The average Bonchev–Trinajstić information content (AvgIpc) is 3.75. The minimum Gasteiger partial charge on any atom is -0.291 e. The first-order valence-corrected chi connectivity index (χ1v) is 21.0. The summed E-state index contributed by atoms with van der Waals surface area (Å²) >= 11 is 0. The Balaban J connectivity index is 1.14. The van der Waals surface area contributed by atoms with Crippen LogP contribution >= 0.6 is 0 Å². The van der Waals surface area contributed by atoms with Crippen molar-refractivity contribution in [2.24, 2.45) is 23.7 Å². The van der Waals surface area contributed by atoms with E-state index in [1.54, 1.807) is 11.1 Å². The van der Waals surface area contributed by atoms with Crippen molar-refractivity contribution in [1.29, 1.82) is 0 Å². The van der Waals surface area contributed by atoms with Crippen LogP contribution in [-0.4, -0.2) is 14.5 Å². The predicted molar refractivity (Wildman–Crippen MR) is 235 cm³/mol. The van der Waals surface area contributed by atoms with Crippen molar-refractivity contribution in [3.63, 3.8) is 0 Å². The van der Waals surface area contributed by atoms with Crippen molar-refractivity contribution in [3.05, 3.63) is 163 Å². The SMILES string of the molecule is c1ccc2c(c1)-c1c(ccc3c4c5ccccc5ccc4n(-c4nc5ccccc5nc4-c4ccc5c(ccc6ccccc65)c4)c13)C21C2CC3CC(C2)CC1C3. The molecular weight excluding hydrogens is 691 g/mol. The molecular formula is C54H39N3. The van der Waals surface area contributed by atoms with Crippen LogP contribution in [0.5, 0.6) is 0 Å². The van der Waals surface area contributed by atoms with Gasteiger partial charge < -0.3 is 0 Å². The number of fused-ring (bicyclic) bond motifs is 13. The first-order valence-electron chi connectivity index (χ1n) is 21.0. The van der Waals surface area contributed by atoms with Crippen LogP contribution in [0.15, 0.2) is 152 Å². The highest BCUT2D eigenvalue weighted by Gasteiger charge is 2.61. The molecule has 0 radical (unpaired) electrons. The van der Waals surface area contributed by atoms with Crippen molar-refractivity contribution >= 4 is 65.2 Å². The number of para-hydroxylation sites is 2. The Morgan fingerprint density at radius 3 is 1.95 bits per heavy atom. The third-order valence-corrected chi connectivity index (χ3v) is 15.1. The molecule has 0 atom stereocenters. The third-order valence-electron chi connectivity index (χ3n) is 15.1. The average molecular weight is 730 g/mol. The molecule has 0 N–H and O–H groups in total. The van der Waals surface area contributed by atoms with Crippen molar-refractivity contribution in [3.8, 4) is 28.2 Å². The molecule has 5 aliphatic rings. The van der Waals surface area contributed by atoms with Crippen molar-refractivity contribution in [2.45, 2.75) is 37.5 Å². The van der Waals surface area contributed by atoms with Crippen molar-refractivity contribution in [1.82, 2.24) is 14.5 Å². The summed E-state index contributed by atoms with van der Waals surface area (Å²) in [6.07, 6.45) is 6.91. The lowest BCUT2D eigenvalue weighted by Gasteiger charge is -2.61. The van der Waals surface area contributed by atoms with E-state index in [4.69, 9.17) is 9.97 Å². The zero-order valence-electron chi connectivity index (χ0n) is 31.6. The van der Waals surface area contributed by atoms with Gasteiger partial charge in [0.15, 0.2) is 5.82 Å². The fourth-order valence-electron chi connectivity index (χ4n) is 13.2. The molecule has 10 aromatic rings. The molecule has 1 spiro atoms. The minimum atomic E-state index is 0.0654. The fourth-order valence-corrected chi connectivity index (χ4v) is 13.2. The van der Waals surface area contributed by atoms with Crippen LogP contribution in [0.1, 0.15) is 43.2 Å². The Hall–Kier alpha value is -6.32. The largest absolute Gasteiger partial charge is 0.291 e. The van der Waals surface area contributed by atoms with Crippen LogP contribution in [0.4, 0.5) is 0 Å². The molecule has 0 aliphatic heterocycles. The lowest BCUT2D eigenvalue weighted by molar-refractivity contribution is -0.0399. The molecule has 5 aliphatic carbocycles. The topological polar surface area (TPSA) is 30.7 Å². The van der Waals surface area contributed by atoms with Crippen LogP contribution in [0.3, 0.4) is 0 Å². The highest BCUT2D eigenvalue weighted by Crippen LogP contribution is 2.70. The number of nitrogens with zero attached hydrogens (tertiary/aromatic N) is 3. The summed E-state index contributed by atoms with van der Waals surface area (Å²) in [5, 5.41) is 10.1. The monoisotopic (exact) mass is 729 g/mol. The van der Waals surface area contributed by atoms with Gasteiger partial charge in [0.25, 0.3) is 0 Å². The summed E-state index contributed by atoms with van der Waals surface area (Å²) in [5.41, 5.74) is 12.3. The van der Waals surface area contributed by atoms with Crippen LogP contribution in [-0.2, 0) is 5.41 Å². The molecule has 270 valence electrons. The predicted octanol–water partition coefficient (Wildman–Crippen LogP) is 13.6. The molecule has 4 bridgehead atoms. The van der Waals surface area contributed by atoms with Gasteiger partial charge in [-0.1, -0.05) is 127 Å². The molecule has 2 heterocycles. The Labute approximate surface area is 330 Å². The zero-order valence-corrected chi connectivity index (χ0v) is 31.6. The Morgan fingerprint density at radius 2 is 1.12 bits per heavy atom. The molecule has 0 unspecified atom stereocenters. The second-order valence-corrected chi connectivity index (χ2v) is 17.7. The van der Waals surface area contributed by atoms with Gasteiger partial charge in [0.1, 0.15) is 5.69 Å². The van der Waals surface area contributed by atoms with Gasteiger partial charge in [-0.3, -0.25) is 4.57 Å². The second-order valence-electron chi connectivity index (χ2n) is 17.7. The van der Waals surface area contributed by atoms with E-state index in [1.807, 2.05) is 0 Å². The third kappa shape index (κ3) is 3.92. The highest BCUT2D eigenvalue weighted by atomic mass is 15.1. The van der Waals surface area contributed by atoms with Crippen LogP contribution < -0.4 is 0 Å². The fraction of sp³-hybridized carbons (Fsp3) is 0.185. The molecule has 4 saturated carbocycles. The number of rotatable bonds is 2. The summed E-state index contributed by atoms with van der Waals surface area (Å²) < 4.78 is 2.53. The molecule has 3 heteroatoms. The van der Waals surface area contributed by atoms with Gasteiger partial charge in [-0.2, -0.15) is 0 Å². The van der Waals surface area contributed by atoms with Crippen LogP contribution in [0.25, 0.3) is 93.4 Å². The van der Waals surface area contributed by atoms with E-state index < -0.39 is 0 Å². The molecule has 57 heavy (non-hydrogen) atoms. The van der Waals surface area contributed by atoms with E-state index in [2.05, 4.69) is 156 Å². The maximum Gasteiger partial charge on any atom is 0.165 e. The summed E-state index contributed by atoms with van der Waals surface area (Å²) in [7, 11) is 0. The minimum absolute atomic E-state index is 0.0654. The molecule has 2 aromatic heterocycles. The highest BCUT2D eigenvalue weighted by molar-refractivity contribution is 6.24. The smallest absolute Gasteiger partial charge is 0.165 e. The second kappa shape index (κ2) is 11.0. The van der Waals surface area contributed by atoms with Crippen molar-refractivity contribution in [2.75, 3.05) is 0 Å². The molecule has 3 nitrogen and oxygen atoms in total. The Bertz CT molecular complexity index is 3360. The number of hydrogen-bond donors (Lipinski definition) is 0. The van der Waals surface area contributed by atoms with E-state index in [0.29, 0.717) is 11.8 Å². The molecule has 8 aromatic carbocycles. The molecule has 15 rings (SSSR count). The number of aromatic nitrogens is 3. The van der Waals surface area contributed by atoms with Gasteiger partial charge in [-0.05, 0) is 129 Å². The normalized spacial score (nSPS) is 23.2. The summed E-state index contributed by atoms with van der Waals surface area (Å²) in [5.74, 6) is 4.06. The van der Waals surface area contributed by atoms with E-state index in [-0.39, 0.29) is 5.41 Å². The standard InChI is InChI=1S/C54H39N3/c1-3-11-39-33(9-1)17-18-35-30-36(19-21-40(35)39)51-53(56-47-16-8-7-15-46(47)55-51)57-48-24-20-34-10-2-4-12-41(34)49(48)43-22-23-45-50(52(43)57)42-13-5-6-14-44(42)54(45)37-26-31-25-32(28-37)29-38(54)27-31/h1-24,30-32,37-38H,25-29H2. The van der Waals surface area contributed by atoms with E-state index in [9.17, 15) is 0 Å². The number of benzene rings is 8. The van der Waals surface area contributed by atoms with Gasteiger partial charge in [0.05, 0.1) is 22.1 Å². The quantitative estimate of drug-likeness (QED) is 0.166. The Morgan fingerprint density at radius 1 is 0.491 bits per heavy atom. The molecule has 0 saturated heterocycles. The Kier molecular flexibility index (Phi) is 5.93. The first-order chi connectivity index (χ1) is 28.2. The van der Waals surface area contributed by atoms with Gasteiger partial charge in [0.2, 0.25) is 0 Å². The first kappa shape index (κ1) is 30.8. The van der Waals surface area contributed by atoms with E-state index in [1.165, 1.54) is 97.4 Å². The van der Waals surface area contributed by atoms with E-state index in [0.717, 1.165) is 39.9 Å². The molecule has 0 amide bonds.